The van der Waals surface area contributed by atoms with Crippen LogP contribution in [0.2, 0.25) is 0 Å². The summed E-state index contributed by atoms with van der Waals surface area (Å²) in [5, 5.41) is 2.70. The lowest BCUT2D eigenvalue weighted by atomic mass is 10.1. The van der Waals surface area contributed by atoms with E-state index in [0.29, 0.717) is 11.3 Å². The minimum atomic E-state index is -3.69. The summed E-state index contributed by atoms with van der Waals surface area (Å²) < 4.78 is 33.3. The van der Waals surface area contributed by atoms with Crippen LogP contribution in [0.25, 0.3) is 0 Å². The molecule has 0 radical (unpaired) electrons. The molecule has 2 aromatic carbocycles. The van der Waals surface area contributed by atoms with Crippen molar-refractivity contribution in [3.05, 3.63) is 53.6 Å². The molecule has 1 aliphatic heterocycles. The van der Waals surface area contributed by atoms with E-state index in [1.165, 1.54) is 6.07 Å². The zero-order chi connectivity index (χ0) is 19.6. The Bertz CT molecular complexity index is 940. The van der Waals surface area contributed by atoms with Gasteiger partial charge in [-0.25, -0.2) is 13.1 Å². The molecule has 0 saturated heterocycles. The summed E-state index contributed by atoms with van der Waals surface area (Å²) in [4.78, 5) is 13.6. The summed E-state index contributed by atoms with van der Waals surface area (Å²) in [7, 11) is 1.71. The van der Waals surface area contributed by atoms with E-state index in [4.69, 9.17) is 4.74 Å². The first-order valence-corrected chi connectivity index (χ1v) is 10.0. The molecule has 0 saturated carbocycles. The van der Waals surface area contributed by atoms with Crippen molar-refractivity contribution in [2.24, 2.45) is 0 Å². The number of rotatable bonds is 7. The van der Waals surface area contributed by atoms with Gasteiger partial charge in [-0.2, -0.15) is 0 Å². The topological polar surface area (TPSA) is 87.7 Å². The maximum Gasteiger partial charge on any atom is 0.240 e. The second-order valence-electron chi connectivity index (χ2n) is 6.65. The number of fused-ring (bicyclic) bond motifs is 1. The predicted molar refractivity (Wildman–Crippen MR) is 103 cm³/mol. The molecule has 1 atom stereocenters. The van der Waals surface area contributed by atoms with E-state index in [-0.39, 0.29) is 29.8 Å². The minimum Gasteiger partial charge on any atom is -0.497 e. The second kappa shape index (κ2) is 7.67. The van der Waals surface area contributed by atoms with Crippen LogP contribution in [-0.4, -0.2) is 47.0 Å². The van der Waals surface area contributed by atoms with Gasteiger partial charge in [0.25, 0.3) is 0 Å². The summed E-state index contributed by atoms with van der Waals surface area (Å²) in [6.07, 6.45) is 0.199. The molecule has 1 amide bonds. The van der Waals surface area contributed by atoms with Crippen LogP contribution >= 0.6 is 0 Å². The van der Waals surface area contributed by atoms with Crippen LogP contribution in [0.1, 0.15) is 17.2 Å². The van der Waals surface area contributed by atoms with Crippen molar-refractivity contribution in [3.63, 3.8) is 0 Å². The molecule has 0 bridgehead atoms. The number of sulfonamides is 1. The number of ether oxygens (including phenoxy) is 1. The number of likely N-dealkylation sites (N-methyl/N-ethyl adjacent to an activating group) is 1. The highest BCUT2D eigenvalue weighted by Crippen LogP contribution is 2.26. The van der Waals surface area contributed by atoms with Crippen molar-refractivity contribution < 1.29 is 17.9 Å². The summed E-state index contributed by atoms with van der Waals surface area (Å²) in [5.41, 5.74) is 2.35. The largest absolute Gasteiger partial charge is 0.497 e. The smallest absolute Gasteiger partial charge is 0.240 e. The van der Waals surface area contributed by atoms with E-state index in [0.717, 1.165) is 11.3 Å². The third-order valence-corrected chi connectivity index (χ3v) is 6.02. The van der Waals surface area contributed by atoms with Gasteiger partial charge in [0.15, 0.2) is 0 Å². The SMILES string of the molecule is COc1ccc(C(CNS(=O)(=O)c2ccc3c(c2)CC(=O)N3)N(C)C)cc1. The number of carbonyl (C=O) groups excluding carboxylic acids is 1. The Morgan fingerprint density at radius 3 is 2.52 bits per heavy atom. The summed E-state index contributed by atoms with van der Waals surface area (Å²) in [5.74, 6) is 0.623. The average molecular weight is 389 g/mol. The lowest BCUT2D eigenvalue weighted by Crippen LogP contribution is -2.34. The van der Waals surface area contributed by atoms with Crippen molar-refractivity contribution in [2.75, 3.05) is 33.1 Å². The number of hydrogen-bond donors (Lipinski definition) is 2. The van der Waals surface area contributed by atoms with Gasteiger partial charge in [-0.05, 0) is 55.6 Å². The number of benzene rings is 2. The zero-order valence-corrected chi connectivity index (χ0v) is 16.3. The Kier molecular flexibility index (Phi) is 5.50. The number of carbonyl (C=O) groups is 1. The van der Waals surface area contributed by atoms with Gasteiger partial charge in [0, 0.05) is 18.3 Å². The van der Waals surface area contributed by atoms with Crippen LogP contribution in [0.4, 0.5) is 5.69 Å². The van der Waals surface area contributed by atoms with Crippen LogP contribution in [0.3, 0.4) is 0 Å². The molecule has 2 N–H and O–H groups in total. The number of methoxy groups -OCH3 is 1. The second-order valence-corrected chi connectivity index (χ2v) is 8.42. The number of nitrogens with zero attached hydrogens (tertiary/aromatic N) is 1. The third kappa shape index (κ3) is 4.29. The van der Waals surface area contributed by atoms with Crippen LogP contribution < -0.4 is 14.8 Å². The summed E-state index contributed by atoms with van der Waals surface area (Å²) in [6.45, 7) is 0.218. The Morgan fingerprint density at radius 2 is 1.89 bits per heavy atom. The molecule has 1 unspecified atom stereocenters. The fourth-order valence-corrected chi connectivity index (χ4v) is 4.16. The van der Waals surface area contributed by atoms with Crippen molar-refractivity contribution in [3.8, 4) is 5.75 Å². The highest BCUT2D eigenvalue weighted by Gasteiger charge is 2.23. The minimum absolute atomic E-state index is 0.125. The van der Waals surface area contributed by atoms with Crippen LogP contribution in [0, 0.1) is 0 Å². The quantitative estimate of drug-likeness (QED) is 0.754. The van der Waals surface area contributed by atoms with E-state index in [2.05, 4.69) is 10.0 Å². The number of anilines is 1. The highest BCUT2D eigenvalue weighted by molar-refractivity contribution is 7.89. The Labute approximate surface area is 159 Å². The molecule has 144 valence electrons. The number of hydrogen-bond acceptors (Lipinski definition) is 5. The van der Waals surface area contributed by atoms with Crippen LogP contribution in [-0.2, 0) is 21.2 Å². The molecule has 7 nitrogen and oxygen atoms in total. The Hall–Kier alpha value is -2.42. The fraction of sp³-hybridized carbons (Fsp3) is 0.316. The monoisotopic (exact) mass is 389 g/mol. The Morgan fingerprint density at radius 1 is 1.19 bits per heavy atom. The van der Waals surface area contributed by atoms with Gasteiger partial charge in [-0.1, -0.05) is 12.1 Å². The molecule has 0 aliphatic carbocycles. The van der Waals surface area contributed by atoms with Gasteiger partial charge in [0.1, 0.15) is 5.75 Å². The highest BCUT2D eigenvalue weighted by atomic mass is 32.2. The molecule has 2 aromatic rings. The fourth-order valence-electron chi connectivity index (χ4n) is 3.07. The van der Waals surface area contributed by atoms with Gasteiger partial charge in [-0.3, -0.25) is 4.79 Å². The first kappa shape index (κ1) is 19.3. The first-order chi connectivity index (χ1) is 12.8. The molecule has 27 heavy (non-hydrogen) atoms. The van der Waals surface area contributed by atoms with E-state index in [9.17, 15) is 13.2 Å². The van der Waals surface area contributed by atoms with Crippen molar-refractivity contribution in [1.29, 1.82) is 0 Å². The molecule has 3 rings (SSSR count). The van der Waals surface area contributed by atoms with Crippen molar-refractivity contribution in [1.82, 2.24) is 9.62 Å². The normalized spacial score (nSPS) is 14.7. The standard InChI is InChI=1S/C19H23N3O4S/c1-22(2)18(13-4-6-15(26-3)7-5-13)12-20-27(24,25)16-8-9-17-14(10-16)11-19(23)21-17/h4-10,18,20H,11-12H2,1-3H3,(H,21,23). The van der Waals surface area contributed by atoms with Crippen LogP contribution in [0.15, 0.2) is 47.4 Å². The predicted octanol–water partition coefficient (Wildman–Crippen LogP) is 1.77. The molecule has 1 aliphatic rings. The molecule has 0 aromatic heterocycles. The van der Waals surface area contributed by atoms with Crippen LogP contribution in [0.5, 0.6) is 5.75 Å². The van der Waals surface area contributed by atoms with Gasteiger partial charge in [-0.15, -0.1) is 0 Å². The van der Waals surface area contributed by atoms with E-state index in [1.54, 1.807) is 19.2 Å². The molecule has 0 spiro atoms. The zero-order valence-electron chi connectivity index (χ0n) is 15.5. The molecule has 8 heteroatoms. The first-order valence-electron chi connectivity index (χ1n) is 8.53. The van der Waals surface area contributed by atoms with Crippen molar-refractivity contribution in [2.45, 2.75) is 17.4 Å². The summed E-state index contributed by atoms with van der Waals surface area (Å²) in [6, 6.07) is 12.1. The maximum absolute atomic E-state index is 12.7. The van der Waals surface area contributed by atoms with Crippen molar-refractivity contribution >= 4 is 21.6 Å². The lowest BCUT2D eigenvalue weighted by Gasteiger charge is -2.25. The van der Waals surface area contributed by atoms with E-state index < -0.39 is 10.0 Å². The van der Waals surface area contributed by atoms with Gasteiger partial charge in [0.2, 0.25) is 15.9 Å². The molecule has 0 fully saturated rings. The van der Waals surface area contributed by atoms with E-state index in [1.807, 2.05) is 43.3 Å². The van der Waals surface area contributed by atoms with Gasteiger partial charge in [0.05, 0.1) is 18.4 Å². The number of amides is 1. The Balaban J connectivity index is 1.76. The summed E-state index contributed by atoms with van der Waals surface area (Å²) >= 11 is 0. The average Bonchev–Trinajstić information content (AvgIpc) is 3.01. The molecular weight excluding hydrogens is 366 g/mol. The third-order valence-electron chi connectivity index (χ3n) is 4.60. The number of nitrogens with one attached hydrogen (secondary N) is 2. The lowest BCUT2D eigenvalue weighted by molar-refractivity contribution is -0.115. The van der Waals surface area contributed by atoms with E-state index >= 15 is 0 Å². The van der Waals surface area contributed by atoms with Gasteiger partial charge >= 0.3 is 0 Å². The molecule has 1 heterocycles. The molecular formula is C19H23N3O4S. The van der Waals surface area contributed by atoms with Gasteiger partial charge < -0.3 is 15.0 Å². The maximum atomic E-state index is 12.7.